The van der Waals surface area contributed by atoms with E-state index in [1.807, 2.05) is 44.2 Å². The highest BCUT2D eigenvalue weighted by molar-refractivity contribution is 5.94. The van der Waals surface area contributed by atoms with Gasteiger partial charge in [0.2, 0.25) is 0 Å². The minimum atomic E-state index is -0.801. The highest BCUT2D eigenvalue weighted by atomic mass is 16.4. The summed E-state index contributed by atoms with van der Waals surface area (Å²) in [5.41, 5.74) is 2.47. The van der Waals surface area contributed by atoms with Crippen molar-refractivity contribution in [2.45, 2.75) is 20.3 Å². The Bertz CT molecular complexity index is 1060. The van der Waals surface area contributed by atoms with Crippen LogP contribution in [-0.4, -0.2) is 55.0 Å². The van der Waals surface area contributed by atoms with Crippen LogP contribution >= 0.6 is 0 Å². The van der Waals surface area contributed by atoms with Gasteiger partial charge in [-0.3, -0.25) is 14.6 Å². The number of carbonyl (C=O) groups is 2. The molecule has 0 radical (unpaired) electrons. The fourth-order valence-electron chi connectivity index (χ4n) is 3.86. The van der Waals surface area contributed by atoms with Crippen molar-refractivity contribution < 1.29 is 14.7 Å². The molecule has 144 valence electrons. The zero-order chi connectivity index (χ0) is 19.8. The largest absolute Gasteiger partial charge is 0.481 e. The molecule has 4 rings (SSSR count). The molecule has 0 bridgehead atoms. The molecule has 1 N–H and O–H groups in total. The lowest BCUT2D eigenvalue weighted by Gasteiger charge is -2.34. The number of hydrogen-bond donors (Lipinski definition) is 1. The number of nitrogens with zero attached hydrogens (tertiary/aromatic N) is 5. The van der Waals surface area contributed by atoms with Gasteiger partial charge in [-0.25, -0.2) is 4.68 Å². The quantitative estimate of drug-likeness (QED) is 0.749. The summed E-state index contributed by atoms with van der Waals surface area (Å²) < 4.78 is 1.63. The average molecular weight is 379 g/mol. The van der Waals surface area contributed by atoms with Crippen molar-refractivity contribution in [1.29, 1.82) is 0 Å². The molecule has 2 aromatic heterocycles. The molecule has 28 heavy (non-hydrogen) atoms. The van der Waals surface area contributed by atoms with Gasteiger partial charge in [0, 0.05) is 24.7 Å². The molecule has 1 aliphatic heterocycles. The Hall–Kier alpha value is -3.29. The summed E-state index contributed by atoms with van der Waals surface area (Å²) in [4.78, 5) is 30.4. The molecule has 2 atom stereocenters. The number of carboxylic acid groups (broad SMARTS) is 1. The van der Waals surface area contributed by atoms with Gasteiger partial charge in [-0.05, 0) is 31.4 Å². The van der Waals surface area contributed by atoms with Crippen molar-refractivity contribution in [2.75, 3.05) is 13.1 Å². The van der Waals surface area contributed by atoms with Gasteiger partial charge in [0.05, 0.1) is 22.8 Å². The average Bonchev–Trinajstić information content (AvgIpc) is 3.07. The number of para-hydroxylation sites is 1. The first kappa shape index (κ1) is 18.1. The van der Waals surface area contributed by atoms with Gasteiger partial charge in [-0.15, -0.1) is 5.10 Å². The van der Waals surface area contributed by atoms with E-state index in [9.17, 15) is 14.7 Å². The molecule has 0 saturated carbocycles. The molecule has 3 heterocycles. The third kappa shape index (κ3) is 3.00. The van der Waals surface area contributed by atoms with Crippen molar-refractivity contribution in [2.24, 2.45) is 11.8 Å². The number of likely N-dealkylation sites (tertiary alicyclic amines) is 1. The third-order valence-electron chi connectivity index (χ3n) is 5.45. The van der Waals surface area contributed by atoms with E-state index in [1.165, 1.54) is 0 Å². The van der Waals surface area contributed by atoms with E-state index >= 15 is 0 Å². The predicted octanol–water partition coefficient (Wildman–Crippen LogP) is 2.31. The second-order valence-corrected chi connectivity index (χ2v) is 7.25. The normalized spacial score (nSPS) is 19.7. The molecule has 1 saturated heterocycles. The smallest absolute Gasteiger partial charge is 0.306 e. The van der Waals surface area contributed by atoms with E-state index < -0.39 is 11.9 Å². The van der Waals surface area contributed by atoms with Crippen LogP contribution in [0.5, 0.6) is 0 Å². The van der Waals surface area contributed by atoms with Gasteiger partial charge >= 0.3 is 5.97 Å². The molecule has 1 aromatic carbocycles. The van der Waals surface area contributed by atoms with Gasteiger partial charge < -0.3 is 10.0 Å². The van der Waals surface area contributed by atoms with Crippen molar-refractivity contribution in [3.05, 3.63) is 47.9 Å². The number of amides is 1. The lowest BCUT2D eigenvalue weighted by Crippen LogP contribution is -2.45. The second kappa shape index (κ2) is 7.03. The van der Waals surface area contributed by atoms with Crippen molar-refractivity contribution in [3.8, 4) is 5.69 Å². The molecule has 1 fully saturated rings. The first-order valence-corrected chi connectivity index (χ1v) is 9.26. The van der Waals surface area contributed by atoms with Crippen LogP contribution in [0.1, 0.15) is 29.5 Å². The SMILES string of the molecule is Cc1c(C(=O)N2CCC(C(=O)O)C(C)C2)nnn1-c1cccc2cccnc12. The minimum Gasteiger partial charge on any atom is -0.481 e. The number of aromatic nitrogens is 4. The molecule has 1 aliphatic rings. The molecule has 1 amide bonds. The summed E-state index contributed by atoms with van der Waals surface area (Å²) in [5, 5.41) is 18.6. The van der Waals surface area contributed by atoms with Crippen LogP contribution in [0.3, 0.4) is 0 Å². The van der Waals surface area contributed by atoms with Gasteiger partial charge in [0.15, 0.2) is 5.69 Å². The number of pyridine rings is 1. The fraction of sp³-hybridized carbons (Fsp3) is 0.350. The Morgan fingerprint density at radius 2 is 2.00 bits per heavy atom. The molecule has 0 aliphatic carbocycles. The van der Waals surface area contributed by atoms with Crippen LogP contribution < -0.4 is 0 Å². The maximum atomic E-state index is 13.0. The van der Waals surface area contributed by atoms with E-state index in [4.69, 9.17) is 0 Å². The minimum absolute atomic E-state index is 0.104. The molecule has 2 unspecified atom stereocenters. The lowest BCUT2D eigenvalue weighted by atomic mass is 9.87. The van der Waals surface area contributed by atoms with Crippen molar-refractivity contribution in [1.82, 2.24) is 24.9 Å². The number of carbonyl (C=O) groups excluding carboxylic acids is 1. The van der Waals surface area contributed by atoms with E-state index in [0.29, 0.717) is 25.2 Å². The summed E-state index contributed by atoms with van der Waals surface area (Å²) in [6.07, 6.45) is 2.17. The highest BCUT2D eigenvalue weighted by Crippen LogP contribution is 2.26. The standard InChI is InChI=1S/C20H21N5O3/c1-12-11-24(10-8-15(12)20(27)28)19(26)17-13(2)25(23-22-17)16-7-3-5-14-6-4-9-21-18(14)16/h3-7,9,12,15H,8,10-11H2,1-2H3,(H,27,28). The number of aliphatic carboxylic acids is 1. The number of piperidine rings is 1. The third-order valence-corrected chi connectivity index (χ3v) is 5.45. The number of benzene rings is 1. The first-order chi connectivity index (χ1) is 13.5. The molecular weight excluding hydrogens is 358 g/mol. The Labute approximate surface area is 161 Å². The topological polar surface area (TPSA) is 101 Å². The van der Waals surface area contributed by atoms with E-state index in [2.05, 4.69) is 15.3 Å². The predicted molar refractivity (Wildman–Crippen MR) is 102 cm³/mol. The summed E-state index contributed by atoms with van der Waals surface area (Å²) in [5.74, 6) is -1.53. The van der Waals surface area contributed by atoms with E-state index in [-0.39, 0.29) is 17.5 Å². The summed E-state index contributed by atoms with van der Waals surface area (Å²) in [6.45, 7) is 4.48. The monoisotopic (exact) mass is 379 g/mol. The number of fused-ring (bicyclic) bond motifs is 1. The number of hydrogen-bond acceptors (Lipinski definition) is 5. The van der Waals surface area contributed by atoms with Crippen molar-refractivity contribution in [3.63, 3.8) is 0 Å². The Morgan fingerprint density at radius 1 is 1.21 bits per heavy atom. The van der Waals surface area contributed by atoms with Crippen LogP contribution in [0, 0.1) is 18.8 Å². The van der Waals surface area contributed by atoms with Gasteiger partial charge in [0.25, 0.3) is 5.91 Å². The fourth-order valence-corrected chi connectivity index (χ4v) is 3.86. The summed E-state index contributed by atoms with van der Waals surface area (Å²) in [6, 6.07) is 9.62. The van der Waals surface area contributed by atoms with E-state index in [1.54, 1.807) is 15.8 Å². The van der Waals surface area contributed by atoms with Gasteiger partial charge in [-0.2, -0.15) is 0 Å². The Kier molecular flexibility index (Phi) is 4.54. The van der Waals surface area contributed by atoms with Crippen LogP contribution in [0.4, 0.5) is 0 Å². The van der Waals surface area contributed by atoms with Crippen LogP contribution in [0.15, 0.2) is 36.5 Å². The van der Waals surface area contributed by atoms with Crippen LogP contribution in [0.2, 0.25) is 0 Å². The summed E-state index contributed by atoms with van der Waals surface area (Å²) in [7, 11) is 0. The lowest BCUT2D eigenvalue weighted by molar-refractivity contribution is -0.145. The van der Waals surface area contributed by atoms with Crippen LogP contribution in [0.25, 0.3) is 16.6 Å². The zero-order valence-corrected chi connectivity index (χ0v) is 15.7. The van der Waals surface area contributed by atoms with Gasteiger partial charge in [-0.1, -0.05) is 30.3 Å². The van der Waals surface area contributed by atoms with Gasteiger partial charge in [0.1, 0.15) is 0 Å². The summed E-state index contributed by atoms with van der Waals surface area (Å²) >= 11 is 0. The van der Waals surface area contributed by atoms with Crippen LogP contribution in [-0.2, 0) is 4.79 Å². The zero-order valence-electron chi connectivity index (χ0n) is 15.7. The molecule has 8 nitrogen and oxygen atoms in total. The van der Waals surface area contributed by atoms with Crippen molar-refractivity contribution >= 4 is 22.8 Å². The maximum absolute atomic E-state index is 13.0. The molecule has 3 aromatic rings. The molecule has 0 spiro atoms. The molecular formula is C20H21N5O3. The number of carboxylic acids is 1. The highest BCUT2D eigenvalue weighted by Gasteiger charge is 2.34. The first-order valence-electron chi connectivity index (χ1n) is 9.26. The van der Waals surface area contributed by atoms with E-state index in [0.717, 1.165) is 16.6 Å². The maximum Gasteiger partial charge on any atom is 0.306 e. The second-order valence-electron chi connectivity index (χ2n) is 7.25. The Morgan fingerprint density at radius 3 is 2.75 bits per heavy atom. The Balaban J connectivity index is 1.64. The number of rotatable bonds is 3. The molecule has 8 heteroatoms.